The standard InChI is InChI=1S/C21H27N3O/c1-17-6-5-7-18(16-17)21(25)23(2)20-10-14-24(15-11-20)13-9-19-8-3-4-12-22-19/h3-8,12,16,20H,9-11,13-15H2,1-2H3. The van der Waals surface area contributed by atoms with E-state index >= 15 is 0 Å². The molecule has 2 aromatic rings. The molecular formula is C21H27N3O. The van der Waals surface area contributed by atoms with E-state index in [9.17, 15) is 4.79 Å². The Hall–Kier alpha value is -2.20. The number of amides is 1. The molecule has 4 heteroatoms. The van der Waals surface area contributed by atoms with Crippen LogP contribution in [0.25, 0.3) is 0 Å². The lowest BCUT2D eigenvalue weighted by molar-refractivity contribution is 0.0643. The van der Waals surface area contributed by atoms with Crippen molar-refractivity contribution in [3.63, 3.8) is 0 Å². The molecule has 1 aliphatic heterocycles. The molecule has 0 unspecified atom stereocenters. The Kier molecular flexibility index (Phi) is 5.82. The zero-order chi connectivity index (χ0) is 17.6. The Morgan fingerprint density at radius 1 is 1.20 bits per heavy atom. The molecule has 1 aliphatic rings. The molecule has 0 aliphatic carbocycles. The molecule has 4 nitrogen and oxygen atoms in total. The first kappa shape index (κ1) is 17.6. The van der Waals surface area contributed by atoms with Crippen molar-refractivity contribution in [1.82, 2.24) is 14.8 Å². The third-order valence-electron chi connectivity index (χ3n) is 5.10. The first-order valence-corrected chi connectivity index (χ1v) is 9.09. The smallest absolute Gasteiger partial charge is 0.253 e. The Morgan fingerprint density at radius 3 is 2.68 bits per heavy atom. The van der Waals surface area contributed by atoms with Gasteiger partial charge in [0, 0.05) is 56.6 Å². The molecule has 1 aromatic heterocycles. The van der Waals surface area contributed by atoms with Gasteiger partial charge in [0.05, 0.1) is 0 Å². The number of nitrogens with zero attached hydrogens (tertiary/aromatic N) is 3. The number of pyridine rings is 1. The normalized spacial score (nSPS) is 15.9. The van der Waals surface area contributed by atoms with Gasteiger partial charge in [0.1, 0.15) is 0 Å². The van der Waals surface area contributed by atoms with Crippen LogP contribution < -0.4 is 0 Å². The number of carbonyl (C=O) groups excluding carboxylic acids is 1. The van der Waals surface area contributed by atoms with Gasteiger partial charge < -0.3 is 9.80 Å². The van der Waals surface area contributed by atoms with Crippen LogP contribution in [0.15, 0.2) is 48.7 Å². The van der Waals surface area contributed by atoms with Crippen LogP contribution in [0.4, 0.5) is 0 Å². The van der Waals surface area contributed by atoms with E-state index in [0.29, 0.717) is 6.04 Å². The third kappa shape index (κ3) is 4.67. The second-order valence-corrected chi connectivity index (χ2v) is 6.93. The molecule has 132 valence electrons. The number of carbonyl (C=O) groups is 1. The number of aromatic nitrogens is 1. The highest BCUT2D eigenvalue weighted by molar-refractivity contribution is 5.94. The zero-order valence-corrected chi connectivity index (χ0v) is 15.2. The molecular weight excluding hydrogens is 310 g/mol. The largest absolute Gasteiger partial charge is 0.339 e. The van der Waals surface area contributed by atoms with Crippen molar-refractivity contribution in [1.29, 1.82) is 0 Å². The van der Waals surface area contributed by atoms with Gasteiger partial charge in [0.15, 0.2) is 0 Å². The molecule has 1 fully saturated rings. The summed E-state index contributed by atoms with van der Waals surface area (Å²) >= 11 is 0. The fourth-order valence-corrected chi connectivity index (χ4v) is 3.50. The van der Waals surface area contributed by atoms with Gasteiger partial charge in [-0.1, -0.05) is 23.8 Å². The summed E-state index contributed by atoms with van der Waals surface area (Å²) in [5.41, 5.74) is 3.07. The molecule has 0 radical (unpaired) electrons. The lowest BCUT2D eigenvalue weighted by Crippen LogP contribution is -2.46. The van der Waals surface area contributed by atoms with Gasteiger partial charge in [-0.3, -0.25) is 9.78 Å². The Morgan fingerprint density at radius 2 is 2.00 bits per heavy atom. The molecule has 0 spiro atoms. The maximum Gasteiger partial charge on any atom is 0.253 e. The molecule has 1 saturated heterocycles. The minimum atomic E-state index is 0.135. The molecule has 0 N–H and O–H groups in total. The highest BCUT2D eigenvalue weighted by Crippen LogP contribution is 2.18. The van der Waals surface area contributed by atoms with Crippen molar-refractivity contribution in [2.45, 2.75) is 32.2 Å². The van der Waals surface area contributed by atoms with Crippen LogP contribution >= 0.6 is 0 Å². The minimum Gasteiger partial charge on any atom is -0.339 e. The van der Waals surface area contributed by atoms with Gasteiger partial charge in [-0.25, -0.2) is 0 Å². The molecule has 25 heavy (non-hydrogen) atoms. The summed E-state index contributed by atoms with van der Waals surface area (Å²) in [7, 11) is 1.94. The summed E-state index contributed by atoms with van der Waals surface area (Å²) in [4.78, 5) is 21.5. The first-order valence-electron chi connectivity index (χ1n) is 9.09. The SMILES string of the molecule is Cc1cccc(C(=O)N(C)C2CCN(CCc3ccccn3)CC2)c1. The van der Waals surface area contributed by atoms with E-state index in [-0.39, 0.29) is 5.91 Å². The zero-order valence-electron chi connectivity index (χ0n) is 15.2. The number of benzene rings is 1. The van der Waals surface area contributed by atoms with Crippen molar-refractivity contribution < 1.29 is 4.79 Å². The maximum absolute atomic E-state index is 12.7. The summed E-state index contributed by atoms with van der Waals surface area (Å²) in [5, 5.41) is 0. The van der Waals surface area contributed by atoms with Crippen LogP contribution in [0.2, 0.25) is 0 Å². The van der Waals surface area contributed by atoms with Gasteiger partial charge in [-0.05, 0) is 44.0 Å². The van der Waals surface area contributed by atoms with E-state index in [0.717, 1.165) is 55.7 Å². The highest BCUT2D eigenvalue weighted by atomic mass is 16.2. The summed E-state index contributed by atoms with van der Waals surface area (Å²) in [6.07, 6.45) is 4.92. The van der Waals surface area contributed by atoms with Crippen molar-refractivity contribution in [2.24, 2.45) is 0 Å². The maximum atomic E-state index is 12.7. The summed E-state index contributed by atoms with van der Waals surface area (Å²) in [6, 6.07) is 14.3. The molecule has 0 saturated carbocycles. The van der Waals surface area contributed by atoms with Crippen molar-refractivity contribution in [3.05, 3.63) is 65.5 Å². The van der Waals surface area contributed by atoms with Crippen molar-refractivity contribution >= 4 is 5.91 Å². The lowest BCUT2D eigenvalue weighted by Gasteiger charge is -2.36. The predicted octanol–water partition coefficient (Wildman–Crippen LogP) is 3.17. The van der Waals surface area contributed by atoms with Crippen LogP contribution in [-0.2, 0) is 6.42 Å². The van der Waals surface area contributed by atoms with E-state index in [1.807, 2.05) is 61.5 Å². The average molecular weight is 337 g/mol. The van der Waals surface area contributed by atoms with E-state index in [1.54, 1.807) is 0 Å². The minimum absolute atomic E-state index is 0.135. The van der Waals surface area contributed by atoms with E-state index in [2.05, 4.69) is 16.0 Å². The first-order chi connectivity index (χ1) is 12.1. The van der Waals surface area contributed by atoms with Crippen LogP contribution in [0, 0.1) is 6.92 Å². The third-order valence-corrected chi connectivity index (χ3v) is 5.10. The molecule has 1 amide bonds. The molecule has 0 bridgehead atoms. The summed E-state index contributed by atoms with van der Waals surface area (Å²) in [6.45, 7) is 5.15. The molecule has 0 atom stereocenters. The quantitative estimate of drug-likeness (QED) is 0.841. The van der Waals surface area contributed by atoms with Crippen molar-refractivity contribution in [3.8, 4) is 0 Å². The molecule has 3 rings (SSSR count). The fraction of sp³-hybridized carbons (Fsp3) is 0.429. The van der Waals surface area contributed by atoms with Crippen LogP contribution in [-0.4, -0.2) is 53.4 Å². The number of hydrogen-bond acceptors (Lipinski definition) is 3. The van der Waals surface area contributed by atoms with Gasteiger partial charge in [-0.15, -0.1) is 0 Å². The fourth-order valence-electron chi connectivity index (χ4n) is 3.50. The predicted molar refractivity (Wildman–Crippen MR) is 101 cm³/mol. The number of rotatable bonds is 5. The number of aryl methyl sites for hydroxylation is 1. The van der Waals surface area contributed by atoms with E-state index < -0.39 is 0 Å². The second kappa shape index (κ2) is 8.26. The number of piperidine rings is 1. The second-order valence-electron chi connectivity index (χ2n) is 6.93. The van der Waals surface area contributed by atoms with Crippen molar-refractivity contribution in [2.75, 3.05) is 26.7 Å². The van der Waals surface area contributed by atoms with Gasteiger partial charge in [0.2, 0.25) is 0 Å². The van der Waals surface area contributed by atoms with Crippen LogP contribution in [0.5, 0.6) is 0 Å². The Bertz CT molecular complexity index is 693. The summed E-state index contributed by atoms with van der Waals surface area (Å²) in [5.74, 6) is 0.135. The number of hydrogen-bond donors (Lipinski definition) is 0. The number of likely N-dealkylation sites (tertiary alicyclic amines) is 1. The Balaban J connectivity index is 1.49. The lowest BCUT2D eigenvalue weighted by atomic mass is 10.0. The highest BCUT2D eigenvalue weighted by Gasteiger charge is 2.25. The van der Waals surface area contributed by atoms with Crippen LogP contribution in [0.1, 0.15) is 34.5 Å². The average Bonchev–Trinajstić information content (AvgIpc) is 2.66. The molecule has 1 aromatic carbocycles. The van der Waals surface area contributed by atoms with E-state index in [4.69, 9.17) is 0 Å². The van der Waals surface area contributed by atoms with Gasteiger partial charge >= 0.3 is 0 Å². The van der Waals surface area contributed by atoms with Gasteiger partial charge in [0.25, 0.3) is 5.91 Å². The summed E-state index contributed by atoms with van der Waals surface area (Å²) < 4.78 is 0. The van der Waals surface area contributed by atoms with Gasteiger partial charge in [-0.2, -0.15) is 0 Å². The molecule has 2 heterocycles. The van der Waals surface area contributed by atoms with E-state index in [1.165, 1.54) is 0 Å². The topological polar surface area (TPSA) is 36.4 Å². The Labute approximate surface area is 150 Å². The van der Waals surface area contributed by atoms with Crippen LogP contribution in [0.3, 0.4) is 0 Å². The monoisotopic (exact) mass is 337 g/mol.